The van der Waals surface area contributed by atoms with Crippen molar-refractivity contribution in [2.75, 3.05) is 7.11 Å². The molecule has 5 nitrogen and oxygen atoms in total. The van der Waals surface area contributed by atoms with E-state index in [9.17, 15) is 18.0 Å². The summed E-state index contributed by atoms with van der Waals surface area (Å²) in [5.41, 5.74) is -0.796. The van der Waals surface area contributed by atoms with E-state index >= 15 is 0 Å². The van der Waals surface area contributed by atoms with Gasteiger partial charge in [-0.15, -0.1) is 0 Å². The summed E-state index contributed by atoms with van der Waals surface area (Å²) in [5.74, 6) is -1.22. The topological polar surface area (TPSA) is 64.4 Å². The molecule has 0 fully saturated rings. The van der Waals surface area contributed by atoms with E-state index in [4.69, 9.17) is 9.84 Å². The monoisotopic (exact) mass is 286 g/mol. The maximum absolute atomic E-state index is 12.6. The Morgan fingerprint density at radius 3 is 2.35 bits per heavy atom. The van der Waals surface area contributed by atoms with Crippen LogP contribution in [0.3, 0.4) is 0 Å². The van der Waals surface area contributed by atoms with Crippen molar-refractivity contribution in [1.29, 1.82) is 0 Å². The van der Waals surface area contributed by atoms with Gasteiger partial charge in [-0.3, -0.25) is 0 Å². The third-order valence-electron chi connectivity index (χ3n) is 2.54. The van der Waals surface area contributed by atoms with Gasteiger partial charge in [-0.2, -0.15) is 18.3 Å². The number of carboxylic acids is 1. The fourth-order valence-corrected chi connectivity index (χ4v) is 1.58. The van der Waals surface area contributed by atoms with Crippen molar-refractivity contribution >= 4 is 5.97 Å². The molecule has 0 unspecified atom stereocenters. The molecule has 0 atom stereocenters. The maximum Gasteiger partial charge on any atom is 0.435 e. The number of halogens is 3. The SMILES string of the molecule is COc1cc(C(F)(F)F)nn1-c1ccc(C(=O)O)cc1. The van der Waals surface area contributed by atoms with E-state index in [-0.39, 0.29) is 17.1 Å². The van der Waals surface area contributed by atoms with Crippen LogP contribution in [0.25, 0.3) is 5.69 Å². The van der Waals surface area contributed by atoms with E-state index in [2.05, 4.69) is 5.10 Å². The molecule has 0 spiro atoms. The number of ether oxygens (including phenoxy) is 1. The van der Waals surface area contributed by atoms with Gasteiger partial charge in [0.2, 0.25) is 5.88 Å². The first-order valence-corrected chi connectivity index (χ1v) is 5.38. The van der Waals surface area contributed by atoms with E-state index in [0.29, 0.717) is 0 Å². The molecule has 0 saturated carbocycles. The Morgan fingerprint density at radius 2 is 1.90 bits per heavy atom. The molecule has 1 aromatic heterocycles. The van der Waals surface area contributed by atoms with Gasteiger partial charge in [0.15, 0.2) is 5.69 Å². The van der Waals surface area contributed by atoms with Crippen LogP contribution in [-0.2, 0) is 6.18 Å². The van der Waals surface area contributed by atoms with Gasteiger partial charge in [0.1, 0.15) is 0 Å². The number of benzene rings is 1. The fraction of sp³-hybridized carbons (Fsp3) is 0.167. The summed E-state index contributed by atoms with van der Waals surface area (Å²) < 4.78 is 43.6. The quantitative estimate of drug-likeness (QED) is 0.942. The number of hydrogen-bond acceptors (Lipinski definition) is 3. The second-order valence-corrected chi connectivity index (χ2v) is 3.83. The molecule has 0 aliphatic rings. The zero-order chi connectivity index (χ0) is 14.9. The fourth-order valence-electron chi connectivity index (χ4n) is 1.58. The lowest BCUT2D eigenvalue weighted by atomic mass is 10.2. The van der Waals surface area contributed by atoms with Crippen molar-refractivity contribution in [2.24, 2.45) is 0 Å². The van der Waals surface area contributed by atoms with Crippen molar-refractivity contribution in [3.05, 3.63) is 41.6 Å². The van der Waals surface area contributed by atoms with E-state index in [1.807, 2.05) is 0 Å². The predicted molar refractivity (Wildman–Crippen MR) is 62.1 cm³/mol. The van der Waals surface area contributed by atoms with Crippen LogP contribution < -0.4 is 4.74 Å². The largest absolute Gasteiger partial charge is 0.481 e. The lowest BCUT2D eigenvalue weighted by molar-refractivity contribution is -0.141. The normalized spacial score (nSPS) is 11.4. The van der Waals surface area contributed by atoms with Crippen LogP contribution in [0.5, 0.6) is 5.88 Å². The Kier molecular flexibility index (Phi) is 3.39. The lowest BCUT2D eigenvalue weighted by Gasteiger charge is -2.06. The minimum atomic E-state index is -4.58. The molecular formula is C12H9F3N2O3. The van der Waals surface area contributed by atoms with Crippen molar-refractivity contribution < 1.29 is 27.8 Å². The van der Waals surface area contributed by atoms with E-state index in [1.165, 1.54) is 31.4 Å². The third-order valence-corrected chi connectivity index (χ3v) is 2.54. The van der Waals surface area contributed by atoms with Crippen LogP contribution >= 0.6 is 0 Å². The highest BCUT2D eigenvalue weighted by Crippen LogP contribution is 2.31. The number of aromatic nitrogens is 2. The molecule has 2 aromatic rings. The molecule has 0 aliphatic carbocycles. The van der Waals surface area contributed by atoms with Gasteiger partial charge in [0.05, 0.1) is 18.4 Å². The van der Waals surface area contributed by atoms with Gasteiger partial charge in [-0.05, 0) is 24.3 Å². The standard InChI is InChI=1S/C12H9F3N2O3/c1-20-10-6-9(12(13,14)15)16-17(10)8-4-2-7(3-5-8)11(18)19/h2-6H,1H3,(H,18,19). The molecule has 2 rings (SSSR count). The summed E-state index contributed by atoms with van der Waals surface area (Å²) in [5, 5.41) is 12.2. The molecule has 0 bridgehead atoms. The van der Waals surface area contributed by atoms with Crippen LogP contribution in [0.15, 0.2) is 30.3 Å². The number of rotatable bonds is 3. The minimum absolute atomic E-state index is 0.0240. The Bertz CT molecular complexity index is 632. The van der Waals surface area contributed by atoms with E-state index in [1.54, 1.807) is 0 Å². The third kappa shape index (κ3) is 2.58. The first-order valence-electron chi connectivity index (χ1n) is 5.38. The van der Waals surface area contributed by atoms with Gasteiger partial charge in [-0.25, -0.2) is 9.48 Å². The van der Waals surface area contributed by atoms with Crippen molar-refractivity contribution in [3.63, 3.8) is 0 Å². The summed E-state index contributed by atoms with van der Waals surface area (Å²) >= 11 is 0. The first-order chi connectivity index (χ1) is 9.32. The van der Waals surface area contributed by atoms with Crippen LogP contribution in [0.1, 0.15) is 16.1 Å². The number of nitrogens with zero attached hydrogens (tertiary/aromatic N) is 2. The molecule has 0 amide bonds. The Labute approximate surface area is 111 Å². The highest BCUT2D eigenvalue weighted by Gasteiger charge is 2.35. The zero-order valence-corrected chi connectivity index (χ0v) is 10.2. The minimum Gasteiger partial charge on any atom is -0.481 e. The average Bonchev–Trinajstić information content (AvgIpc) is 2.82. The number of carbonyl (C=O) groups is 1. The average molecular weight is 286 g/mol. The van der Waals surface area contributed by atoms with E-state index < -0.39 is 17.8 Å². The van der Waals surface area contributed by atoms with E-state index in [0.717, 1.165) is 10.7 Å². The van der Waals surface area contributed by atoms with Gasteiger partial charge in [0.25, 0.3) is 0 Å². The van der Waals surface area contributed by atoms with Gasteiger partial charge < -0.3 is 9.84 Å². The number of hydrogen-bond donors (Lipinski definition) is 1. The smallest absolute Gasteiger partial charge is 0.435 e. The van der Waals surface area contributed by atoms with Crippen molar-refractivity contribution in [1.82, 2.24) is 9.78 Å². The molecule has 0 aliphatic heterocycles. The van der Waals surface area contributed by atoms with Crippen LogP contribution in [0, 0.1) is 0 Å². The first kappa shape index (κ1) is 13.9. The number of methoxy groups -OCH3 is 1. The highest BCUT2D eigenvalue weighted by atomic mass is 19.4. The lowest BCUT2D eigenvalue weighted by Crippen LogP contribution is -2.07. The summed E-state index contributed by atoms with van der Waals surface area (Å²) in [6.07, 6.45) is -4.58. The summed E-state index contributed by atoms with van der Waals surface area (Å²) in [4.78, 5) is 10.7. The van der Waals surface area contributed by atoms with Gasteiger partial charge in [-0.1, -0.05) is 0 Å². The highest BCUT2D eigenvalue weighted by molar-refractivity contribution is 5.87. The maximum atomic E-state index is 12.6. The molecule has 0 saturated heterocycles. The summed E-state index contributed by atoms with van der Waals surface area (Å²) in [7, 11) is 1.22. The number of aromatic carboxylic acids is 1. The van der Waals surface area contributed by atoms with Crippen LogP contribution in [-0.4, -0.2) is 28.0 Å². The molecular weight excluding hydrogens is 277 g/mol. The van der Waals surface area contributed by atoms with Crippen LogP contribution in [0.4, 0.5) is 13.2 Å². The molecule has 1 N–H and O–H groups in total. The molecule has 8 heteroatoms. The number of carboxylic acid groups (broad SMARTS) is 1. The Morgan fingerprint density at radius 1 is 1.30 bits per heavy atom. The van der Waals surface area contributed by atoms with Crippen molar-refractivity contribution in [2.45, 2.75) is 6.18 Å². The molecule has 1 heterocycles. The molecule has 0 radical (unpaired) electrons. The van der Waals surface area contributed by atoms with Crippen molar-refractivity contribution in [3.8, 4) is 11.6 Å². The molecule has 1 aromatic carbocycles. The predicted octanol–water partition coefficient (Wildman–Crippen LogP) is 2.60. The van der Waals surface area contributed by atoms with Gasteiger partial charge in [0, 0.05) is 6.07 Å². The Hall–Kier alpha value is -2.51. The summed E-state index contributed by atoms with van der Waals surface area (Å²) in [6.45, 7) is 0. The second-order valence-electron chi connectivity index (χ2n) is 3.83. The summed E-state index contributed by atoms with van der Waals surface area (Å²) in [6, 6.07) is 6.00. The Balaban J connectivity index is 2.46. The molecule has 106 valence electrons. The van der Waals surface area contributed by atoms with Gasteiger partial charge >= 0.3 is 12.1 Å². The number of alkyl halides is 3. The second kappa shape index (κ2) is 4.87. The molecule has 20 heavy (non-hydrogen) atoms. The van der Waals surface area contributed by atoms with Crippen LogP contribution in [0.2, 0.25) is 0 Å². The zero-order valence-electron chi connectivity index (χ0n) is 10.2.